The molecule has 0 saturated heterocycles. The highest BCUT2D eigenvalue weighted by Crippen LogP contribution is 2.69. The zero-order valence-corrected chi connectivity index (χ0v) is 10.9. The molecular weight excluding hydrogens is 224 g/mol. The van der Waals surface area contributed by atoms with Gasteiger partial charge in [0.1, 0.15) is 5.78 Å². The lowest BCUT2D eigenvalue weighted by molar-refractivity contribution is -0.121. The number of Topliss-reactive ketones (excluding diaryl/α,β-unsaturated/α-hetero) is 1. The van der Waals surface area contributed by atoms with Crippen LogP contribution in [0.15, 0.2) is 12.3 Å². The van der Waals surface area contributed by atoms with Crippen LogP contribution < -0.4 is 0 Å². The molecule has 0 spiro atoms. The second kappa shape index (κ2) is 3.69. The van der Waals surface area contributed by atoms with Crippen LogP contribution in [0.2, 0.25) is 0 Å². The minimum atomic E-state index is 0.449. The van der Waals surface area contributed by atoms with E-state index >= 15 is 0 Å². The summed E-state index contributed by atoms with van der Waals surface area (Å²) < 4.78 is 1.88. The van der Waals surface area contributed by atoms with Gasteiger partial charge in [-0.3, -0.25) is 9.48 Å². The highest BCUT2D eigenvalue weighted by molar-refractivity contribution is 5.85. The average molecular weight is 244 g/mol. The molecule has 1 heterocycles. The third-order valence-corrected chi connectivity index (χ3v) is 5.66. The Morgan fingerprint density at radius 2 is 2.11 bits per heavy atom. The van der Waals surface area contributed by atoms with Gasteiger partial charge in [-0.1, -0.05) is 0 Å². The Bertz CT molecular complexity index is 476. The summed E-state index contributed by atoms with van der Waals surface area (Å²) in [4.78, 5) is 12.3. The van der Waals surface area contributed by atoms with Crippen LogP contribution in [0.25, 0.3) is 0 Å². The molecule has 0 aliphatic heterocycles. The van der Waals surface area contributed by atoms with Crippen molar-refractivity contribution in [2.24, 2.45) is 36.6 Å². The van der Waals surface area contributed by atoms with Crippen LogP contribution in [0, 0.1) is 29.6 Å². The SMILES string of the molecule is Cn1nccc1CCC(=O)C1C2C3CCC(C3)C12. The molecular formula is C15H20N2O. The van der Waals surface area contributed by atoms with Gasteiger partial charge in [0.25, 0.3) is 0 Å². The number of nitrogens with zero attached hydrogens (tertiary/aromatic N) is 2. The van der Waals surface area contributed by atoms with Gasteiger partial charge in [0, 0.05) is 31.3 Å². The third kappa shape index (κ3) is 1.42. The van der Waals surface area contributed by atoms with Crippen LogP contribution in [-0.4, -0.2) is 15.6 Å². The Morgan fingerprint density at radius 1 is 1.39 bits per heavy atom. The quantitative estimate of drug-likeness (QED) is 0.814. The van der Waals surface area contributed by atoms with Gasteiger partial charge < -0.3 is 0 Å². The van der Waals surface area contributed by atoms with Crippen LogP contribution in [0.4, 0.5) is 0 Å². The van der Waals surface area contributed by atoms with E-state index in [1.165, 1.54) is 25.0 Å². The summed E-state index contributed by atoms with van der Waals surface area (Å²) >= 11 is 0. The Balaban J connectivity index is 1.37. The van der Waals surface area contributed by atoms with E-state index < -0.39 is 0 Å². The normalized spacial score (nSPS) is 39.9. The summed E-state index contributed by atoms with van der Waals surface area (Å²) in [5.74, 6) is 4.38. The predicted octanol–water partition coefficient (Wildman–Crippen LogP) is 2.21. The van der Waals surface area contributed by atoms with E-state index in [-0.39, 0.29) is 0 Å². The maximum absolute atomic E-state index is 12.3. The summed E-state index contributed by atoms with van der Waals surface area (Å²) in [5.41, 5.74) is 1.18. The molecule has 4 unspecified atom stereocenters. The third-order valence-electron chi connectivity index (χ3n) is 5.66. The first-order chi connectivity index (χ1) is 8.75. The molecule has 0 radical (unpaired) electrons. The fourth-order valence-electron chi connectivity index (χ4n) is 4.82. The minimum absolute atomic E-state index is 0.449. The van der Waals surface area contributed by atoms with Gasteiger partial charge in [0.05, 0.1) is 0 Å². The molecule has 3 nitrogen and oxygen atoms in total. The van der Waals surface area contributed by atoms with Crippen LogP contribution in [-0.2, 0) is 18.3 Å². The van der Waals surface area contributed by atoms with Crippen molar-refractivity contribution in [3.05, 3.63) is 18.0 Å². The zero-order chi connectivity index (χ0) is 12.3. The van der Waals surface area contributed by atoms with Crippen molar-refractivity contribution < 1.29 is 4.79 Å². The lowest BCUT2D eigenvalue weighted by Gasteiger charge is -2.07. The Morgan fingerprint density at radius 3 is 2.72 bits per heavy atom. The number of hydrogen-bond acceptors (Lipinski definition) is 2. The van der Waals surface area contributed by atoms with E-state index in [0.717, 1.165) is 36.5 Å². The van der Waals surface area contributed by atoms with Crippen molar-refractivity contribution in [2.45, 2.75) is 32.1 Å². The first kappa shape index (κ1) is 10.8. The predicted molar refractivity (Wildman–Crippen MR) is 67.8 cm³/mol. The van der Waals surface area contributed by atoms with E-state index in [1.54, 1.807) is 0 Å². The van der Waals surface area contributed by atoms with E-state index in [1.807, 2.05) is 24.0 Å². The van der Waals surface area contributed by atoms with Crippen molar-refractivity contribution in [1.29, 1.82) is 0 Å². The highest BCUT2D eigenvalue weighted by Gasteiger charge is 2.66. The molecule has 1 aromatic rings. The molecule has 0 aromatic carbocycles. The van der Waals surface area contributed by atoms with Gasteiger partial charge in [0.15, 0.2) is 0 Å². The smallest absolute Gasteiger partial charge is 0.136 e. The molecule has 3 aliphatic rings. The first-order valence-corrected chi connectivity index (χ1v) is 7.25. The molecule has 1 aromatic heterocycles. The van der Waals surface area contributed by atoms with Crippen LogP contribution in [0.1, 0.15) is 31.4 Å². The maximum atomic E-state index is 12.3. The highest BCUT2D eigenvalue weighted by atomic mass is 16.1. The second-order valence-electron chi connectivity index (χ2n) is 6.43. The number of fused-ring (bicyclic) bond motifs is 5. The number of carbonyl (C=O) groups excluding carboxylic acids is 1. The van der Waals surface area contributed by atoms with Gasteiger partial charge in [-0.05, 0) is 55.4 Å². The molecule has 18 heavy (non-hydrogen) atoms. The molecule has 3 saturated carbocycles. The van der Waals surface area contributed by atoms with Crippen LogP contribution >= 0.6 is 0 Å². The van der Waals surface area contributed by atoms with Gasteiger partial charge >= 0.3 is 0 Å². The molecule has 0 N–H and O–H groups in total. The lowest BCUT2D eigenvalue weighted by atomic mass is 9.97. The van der Waals surface area contributed by atoms with Gasteiger partial charge in [-0.25, -0.2) is 0 Å². The summed E-state index contributed by atoms with van der Waals surface area (Å²) in [5, 5.41) is 4.15. The molecule has 0 amide bonds. The fraction of sp³-hybridized carbons (Fsp3) is 0.733. The van der Waals surface area contributed by atoms with E-state index in [2.05, 4.69) is 5.10 Å². The molecule has 3 aliphatic carbocycles. The maximum Gasteiger partial charge on any atom is 0.136 e. The first-order valence-electron chi connectivity index (χ1n) is 7.25. The Kier molecular flexibility index (Phi) is 2.21. The summed E-state index contributed by atoms with van der Waals surface area (Å²) in [6.45, 7) is 0. The summed E-state index contributed by atoms with van der Waals surface area (Å²) in [6.07, 6.45) is 7.62. The number of aryl methyl sites for hydroxylation is 2. The number of hydrogen-bond donors (Lipinski definition) is 0. The number of ketones is 1. The largest absolute Gasteiger partial charge is 0.299 e. The van der Waals surface area contributed by atoms with Gasteiger partial charge in [-0.15, -0.1) is 0 Å². The van der Waals surface area contributed by atoms with Gasteiger partial charge in [0.2, 0.25) is 0 Å². The van der Waals surface area contributed by atoms with Gasteiger partial charge in [-0.2, -0.15) is 5.10 Å². The van der Waals surface area contributed by atoms with Crippen molar-refractivity contribution in [1.82, 2.24) is 9.78 Å². The molecule has 4 atom stereocenters. The number of aromatic nitrogens is 2. The summed E-state index contributed by atoms with van der Waals surface area (Å²) in [7, 11) is 1.95. The monoisotopic (exact) mass is 244 g/mol. The summed E-state index contributed by atoms with van der Waals surface area (Å²) in [6, 6.07) is 2.02. The minimum Gasteiger partial charge on any atom is -0.299 e. The average Bonchev–Trinajstić information content (AvgIpc) is 2.69. The Hall–Kier alpha value is -1.12. The molecule has 3 heteroatoms. The van der Waals surface area contributed by atoms with E-state index in [0.29, 0.717) is 11.7 Å². The van der Waals surface area contributed by atoms with Crippen molar-refractivity contribution in [2.75, 3.05) is 0 Å². The van der Waals surface area contributed by atoms with Crippen molar-refractivity contribution in [3.8, 4) is 0 Å². The molecule has 2 bridgehead atoms. The lowest BCUT2D eigenvalue weighted by Crippen LogP contribution is -2.11. The Labute approximate surface area is 108 Å². The van der Waals surface area contributed by atoms with E-state index in [9.17, 15) is 4.79 Å². The standard InChI is InChI=1S/C15H20N2O/c1-17-11(6-7-16-17)4-5-12(18)15-13-9-2-3-10(8-9)14(13)15/h6-7,9-10,13-15H,2-5,8H2,1H3. The molecule has 3 fully saturated rings. The topological polar surface area (TPSA) is 34.9 Å². The number of carbonyl (C=O) groups is 1. The molecule has 96 valence electrons. The number of rotatable bonds is 4. The van der Waals surface area contributed by atoms with Crippen LogP contribution in [0.3, 0.4) is 0 Å². The van der Waals surface area contributed by atoms with Crippen molar-refractivity contribution in [3.63, 3.8) is 0 Å². The van der Waals surface area contributed by atoms with Crippen LogP contribution in [0.5, 0.6) is 0 Å². The zero-order valence-electron chi connectivity index (χ0n) is 10.9. The van der Waals surface area contributed by atoms with Crippen molar-refractivity contribution >= 4 is 5.78 Å². The fourth-order valence-corrected chi connectivity index (χ4v) is 4.82. The van der Waals surface area contributed by atoms with E-state index in [4.69, 9.17) is 0 Å². The molecule has 4 rings (SSSR count). The second-order valence-corrected chi connectivity index (χ2v) is 6.43.